The van der Waals surface area contributed by atoms with E-state index in [9.17, 15) is 4.79 Å². The van der Waals surface area contributed by atoms with Gasteiger partial charge in [-0.3, -0.25) is 14.3 Å². The Morgan fingerprint density at radius 1 is 1.00 bits per heavy atom. The third-order valence-corrected chi connectivity index (χ3v) is 4.96. The number of imidazole rings is 1. The van der Waals surface area contributed by atoms with E-state index in [1.54, 1.807) is 17.1 Å². The number of hydrogen-bond donors (Lipinski definition) is 1. The minimum Gasteiger partial charge on any atom is -0.379 e. The molecule has 0 spiro atoms. The van der Waals surface area contributed by atoms with E-state index in [1.807, 2.05) is 42.5 Å². The number of carbonyl (C=O) groups excluding carboxylic acids is 1. The van der Waals surface area contributed by atoms with Gasteiger partial charge >= 0.3 is 0 Å². The minimum absolute atomic E-state index is 0.137. The van der Waals surface area contributed by atoms with Gasteiger partial charge in [-0.25, -0.2) is 4.98 Å². The Morgan fingerprint density at radius 2 is 1.71 bits per heavy atom. The number of aromatic nitrogens is 2. The molecule has 0 unspecified atom stereocenters. The molecule has 4 rings (SSSR count). The molecule has 1 amide bonds. The molecule has 6 nitrogen and oxygen atoms in total. The molecule has 1 aliphatic heterocycles. The summed E-state index contributed by atoms with van der Waals surface area (Å²) in [6, 6.07) is 18.0. The maximum atomic E-state index is 12.8. The van der Waals surface area contributed by atoms with Crippen molar-refractivity contribution < 1.29 is 9.53 Å². The first kappa shape index (κ1) is 18.4. The zero-order chi connectivity index (χ0) is 19.2. The first-order chi connectivity index (χ1) is 13.8. The molecule has 1 aromatic heterocycles. The predicted octanol–water partition coefficient (Wildman–Crippen LogP) is 2.63. The summed E-state index contributed by atoms with van der Waals surface area (Å²) in [7, 11) is 0. The van der Waals surface area contributed by atoms with E-state index in [-0.39, 0.29) is 5.91 Å². The van der Waals surface area contributed by atoms with Gasteiger partial charge in [0.1, 0.15) is 5.69 Å². The molecule has 3 aromatic rings. The van der Waals surface area contributed by atoms with Crippen molar-refractivity contribution in [2.24, 2.45) is 0 Å². The molecule has 0 atom stereocenters. The number of hydrogen-bond acceptors (Lipinski definition) is 4. The summed E-state index contributed by atoms with van der Waals surface area (Å²) in [5.74, 6) is -0.137. The van der Waals surface area contributed by atoms with Crippen molar-refractivity contribution in [1.82, 2.24) is 19.8 Å². The zero-order valence-corrected chi connectivity index (χ0v) is 15.8. The monoisotopic (exact) mass is 376 g/mol. The van der Waals surface area contributed by atoms with Gasteiger partial charge in [0.25, 0.3) is 5.91 Å². The van der Waals surface area contributed by atoms with Gasteiger partial charge in [0.2, 0.25) is 0 Å². The maximum absolute atomic E-state index is 12.8. The Balaban J connectivity index is 1.44. The third-order valence-electron chi connectivity index (χ3n) is 4.96. The van der Waals surface area contributed by atoms with Crippen LogP contribution in [0.2, 0.25) is 0 Å². The van der Waals surface area contributed by atoms with Gasteiger partial charge < -0.3 is 10.1 Å². The molecule has 6 heteroatoms. The summed E-state index contributed by atoms with van der Waals surface area (Å²) in [4.78, 5) is 19.3. The molecule has 1 saturated heterocycles. The summed E-state index contributed by atoms with van der Waals surface area (Å²) >= 11 is 0. The number of para-hydroxylation sites is 1. The Labute approximate surface area is 164 Å². The largest absolute Gasteiger partial charge is 0.379 e. The molecule has 0 aliphatic carbocycles. The quantitative estimate of drug-likeness (QED) is 0.719. The second-order valence-electron chi connectivity index (χ2n) is 6.82. The lowest BCUT2D eigenvalue weighted by Crippen LogP contribution is -2.36. The number of ether oxygens (including phenoxy) is 1. The molecular weight excluding hydrogens is 352 g/mol. The van der Waals surface area contributed by atoms with Gasteiger partial charge in [0, 0.05) is 31.9 Å². The van der Waals surface area contributed by atoms with E-state index in [4.69, 9.17) is 4.74 Å². The van der Waals surface area contributed by atoms with E-state index in [1.165, 1.54) is 5.56 Å². The number of morpholine rings is 1. The van der Waals surface area contributed by atoms with Crippen molar-refractivity contribution in [3.8, 4) is 5.69 Å². The Kier molecular flexibility index (Phi) is 5.80. The van der Waals surface area contributed by atoms with Crippen LogP contribution in [0, 0.1) is 0 Å². The molecule has 2 aromatic carbocycles. The number of rotatable bonds is 6. The van der Waals surface area contributed by atoms with Crippen molar-refractivity contribution in [3.05, 3.63) is 83.9 Å². The second-order valence-corrected chi connectivity index (χ2v) is 6.82. The highest BCUT2D eigenvalue weighted by molar-refractivity contribution is 5.93. The zero-order valence-electron chi connectivity index (χ0n) is 15.8. The smallest absolute Gasteiger partial charge is 0.270 e. The standard InChI is InChI=1S/C22H24N4O2/c27-22(21-15-23-17-26(21)20-8-2-1-3-9-20)24-14-18-6-4-5-7-19(18)16-25-10-12-28-13-11-25/h1-9,15,17H,10-14,16H2,(H,24,27). The average Bonchev–Trinajstić information content (AvgIpc) is 3.24. The van der Waals surface area contributed by atoms with Crippen LogP contribution in [0.1, 0.15) is 21.6 Å². The molecular formula is C22H24N4O2. The van der Waals surface area contributed by atoms with Gasteiger partial charge in [-0.05, 0) is 23.3 Å². The average molecular weight is 376 g/mol. The van der Waals surface area contributed by atoms with E-state index in [0.717, 1.165) is 44.1 Å². The van der Waals surface area contributed by atoms with Crippen LogP contribution in [-0.4, -0.2) is 46.7 Å². The van der Waals surface area contributed by atoms with E-state index in [2.05, 4.69) is 27.3 Å². The van der Waals surface area contributed by atoms with Crippen LogP contribution < -0.4 is 5.32 Å². The van der Waals surface area contributed by atoms with Crippen molar-refractivity contribution in [2.75, 3.05) is 26.3 Å². The van der Waals surface area contributed by atoms with Crippen molar-refractivity contribution in [3.63, 3.8) is 0 Å². The second kappa shape index (κ2) is 8.82. The fourth-order valence-electron chi connectivity index (χ4n) is 3.41. The van der Waals surface area contributed by atoms with Crippen LogP contribution >= 0.6 is 0 Å². The lowest BCUT2D eigenvalue weighted by Gasteiger charge is -2.27. The van der Waals surface area contributed by atoms with Crippen molar-refractivity contribution >= 4 is 5.91 Å². The maximum Gasteiger partial charge on any atom is 0.270 e. The van der Waals surface area contributed by atoms with Gasteiger partial charge in [-0.2, -0.15) is 0 Å². The highest BCUT2D eigenvalue weighted by atomic mass is 16.5. The van der Waals surface area contributed by atoms with Crippen LogP contribution in [-0.2, 0) is 17.8 Å². The molecule has 0 saturated carbocycles. The summed E-state index contributed by atoms with van der Waals surface area (Å²) in [5, 5.41) is 3.05. The molecule has 28 heavy (non-hydrogen) atoms. The van der Waals surface area contributed by atoms with Crippen LogP contribution in [0.25, 0.3) is 5.69 Å². The van der Waals surface area contributed by atoms with E-state index < -0.39 is 0 Å². The number of amides is 1. The summed E-state index contributed by atoms with van der Waals surface area (Å²) < 4.78 is 7.23. The first-order valence-corrected chi connectivity index (χ1v) is 9.54. The Bertz CT molecular complexity index is 917. The van der Waals surface area contributed by atoms with Crippen LogP contribution in [0.4, 0.5) is 0 Å². The summed E-state index contributed by atoms with van der Waals surface area (Å²) in [5.41, 5.74) is 3.81. The van der Waals surface area contributed by atoms with Gasteiger partial charge in [-0.1, -0.05) is 42.5 Å². The van der Waals surface area contributed by atoms with Gasteiger partial charge in [-0.15, -0.1) is 0 Å². The van der Waals surface area contributed by atoms with Crippen molar-refractivity contribution in [1.29, 1.82) is 0 Å². The first-order valence-electron chi connectivity index (χ1n) is 9.54. The molecule has 1 aliphatic rings. The number of nitrogens with zero attached hydrogens (tertiary/aromatic N) is 3. The molecule has 144 valence electrons. The van der Waals surface area contributed by atoms with E-state index >= 15 is 0 Å². The van der Waals surface area contributed by atoms with Crippen LogP contribution in [0.15, 0.2) is 67.1 Å². The number of benzene rings is 2. The third kappa shape index (κ3) is 4.30. The summed E-state index contributed by atoms with van der Waals surface area (Å²) in [6.45, 7) is 4.80. The molecule has 1 N–H and O–H groups in total. The number of carbonyl (C=O) groups is 1. The molecule has 1 fully saturated rings. The normalized spacial score (nSPS) is 14.7. The van der Waals surface area contributed by atoms with Crippen LogP contribution in [0.3, 0.4) is 0 Å². The molecule has 0 bridgehead atoms. The Morgan fingerprint density at radius 3 is 2.50 bits per heavy atom. The van der Waals surface area contributed by atoms with Crippen molar-refractivity contribution in [2.45, 2.75) is 13.1 Å². The highest BCUT2D eigenvalue weighted by Gasteiger charge is 2.15. The lowest BCUT2D eigenvalue weighted by molar-refractivity contribution is 0.0340. The Hall–Kier alpha value is -2.96. The fraction of sp³-hybridized carbons (Fsp3) is 0.273. The summed E-state index contributed by atoms with van der Waals surface area (Å²) in [6.07, 6.45) is 3.26. The minimum atomic E-state index is -0.137. The fourth-order valence-corrected chi connectivity index (χ4v) is 3.41. The van der Waals surface area contributed by atoms with E-state index in [0.29, 0.717) is 12.2 Å². The molecule has 0 radical (unpaired) electrons. The lowest BCUT2D eigenvalue weighted by atomic mass is 10.1. The van der Waals surface area contributed by atoms with Gasteiger partial charge in [0.05, 0.1) is 25.7 Å². The van der Waals surface area contributed by atoms with Gasteiger partial charge in [0.15, 0.2) is 0 Å². The number of nitrogens with one attached hydrogen (secondary N) is 1. The van der Waals surface area contributed by atoms with Crippen LogP contribution in [0.5, 0.6) is 0 Å². The SMILES string of the molecule is O=C(NCc1ccccc1CN1CCOCC1)c1cncn1-c1ccccc1. The predicted molar refractivity (Wildman–Crippen MR) is 107 cm³/mol. The highest BCUT2D eigenvalue weighted by Crippen LogP contribution is 2.14. The topological polar surface area (TPSA) is 59.4 Å². The molecule has 2 heterocycles.